The zero-order chi connectivity index (χ0) is 16.2. The van der Waals surface area contributed by atoms with Crippen LogP contribution in [0, 0.1) is 5.82 Å². The summed E-state index contributed by atoms with van der Waals surface area (Å²) in [7, 11) is 1.93. The van der Waals surface area contributed by atoms with Crippen LogP contribution in [0.15, 0.2) is 30.0 Å². The molecule has 120 valence electrons. The molecule has 1 fully saturated rings. The van der Waals surface area contributed by atoms with Gasteiger partial charge in [0, 0.05) is 30.7 Å². The lowest BCUT2D eigenvalue weighted by Crippen LogP contribution is -2.39. The van der Waals surface area contributed by atoms with Gasteiger partial charge in [0.2, 0.25) is 0 Å². The molecule has 1 amide bonds. The van der Waals surface area contributed by atoms with Crippen molar-refractivity contribution in [3.63, 3.8) is 0 Å². The molecule has 2 aliphatic rings. The summed E-state index contributed by atoms with van der Waals surface area (Å²) in [6.45, 7) is 0.740. The molecule has 0 saturated heterocycles. The third-order valence-corrected chi connectivity index (χ3v) is 4.78. The molecule has 1 aliphatic carbocycles. The Hall–Kier alpha value is -2.05. The lowest BCUT2D eigenvalue weighted by molar-refractivity contribution is 0.0934. The highest BCUT2D eigenvalue weighted by atomic mass is 35.5. The van der Waals surface area contributed by atoms with Gasteiger partial charge >= 0.3 is 0 Å². The summed E-state index contributed by atoms with van der Waals surface area (Å²) in [5.74, 6) is -0.692. The van der Waals surface area contributed by atoms with Crippen molar-refractivity contribution in [2.24, 2.45) is 0 Å². The number of H-pyrrole nitrogens is 1. The molecule has 1 aliphatic heterocycles. The van der Waals surface area contributed by atoms with E-state index in [2.05, 4.69) is 15.7 Å². The van der Waals surface area contributed by atoms with Gasteiger partial charge in [-0.25, -0.2) is 9.82 Å². The molecule has 5 nitrogen and oxygen atoms in total. The van der Waals surface area contributed by atoms with Gasteiger partial charge < -0.3 is 15.3 Å². The molecule has 0 atom stereocenters. The fourth-order valence-corrected chi connectivity index (χ4v) is 3.18. The van der Waals surface area contributed by atoms with E-state index in [9.17, 15) is 9.18 Å². The Morgan fingerprint density at radius 2 is 2.17 bits per heavy atom. The van der Waals surface area contributed by atoms with E-state index in [1.165, 1.54) is 17.7 Å². The predicted octanol–water partition coefficient (Wildman–Crippen LogP) is 2.56. The van der Waals surface area contributed by atoms with E-state index < -0.39 is 5.82 Å². The number of amides is 1. The first-order valence-electron chi connectivity index (χ1n) is 7.45. The number of halogens is 2. The third-order valence-electron chi connectivity index (χ3n) is 4.49. The van der Waals surface area contributed by atoms with Gasteiger partial charge in [-0.15, -0.1) is 0 Å². The van der Waals surface area contributed by atoms with Crippen LogP contribution in [0.1, 0.15) is 23.3 Å². The Balaban J connectivity index is 1.59. The van der Waals surface area contributed by atoms with Crippen LogP contribution in [0.4, 0.5) is 4.39 Å². The number of fused-ring (bicyclic) bond motifs is 1. The maximum absolute atomic E-state index is 13.5. The fourth-order valence-electron chi connectivity index (χ4n) is 3.01. The van der Waals surface area contributed by atoms with Crippen LogP contribution in [-0.2, 0) is 0 Å². The van der Waals surface area contributed by atoms with Gasteiger partial charge in [0.05, 0.1) is 10.6 Å². The Labute approximate surface area is 137 Å². The summed E-state index contributed by atoms with van der Waals surface area (Å²) in [5.41, 5.74) is 5.08. The summed E-state index contributed by atoms with van der Waals surface area (Å²) < 4.78 is 13.5. The van der Waals surface area contributed by atoms with Crippen LogP contribution < -0.4 is 10.7 Å². The lowest BCUT2D eigenvalue weighted by Gasteiger charge is -2.17. The molecule has 2 aromatic rings. The molecule has 0 spiro atoms. The van der Waals surface area contributed by atoms with Crippen molar-refractivity contribution in [3.05, 3.63) is 46.5 Å². The predicted molar refractivity (Wildman–Crippen MR) is 86.5 cm³/mol. The number of nitrogens with zero attached hydrogens (tertiary/aromatic N) is 1. The van der Waals surface area contributed by atoms with E-state index in [1.54, 1.807) is 6.07 Å². The van der Waals surface area contributed by atoms with Crippen LogP contribution in [0.2, 0.25) is 5.02 Å². The average Bonchev–Trinajstić information content (AvgIpc) is 2.94. The summed E-state index contributed by atoms with van der Waals surface area (Å²) >= 11 is 5.78. The lowest BCUT2D eigenvalue weighted by atomic mass is 10.1. The van der Waals surface area contributed by atoms with Crippen molar-refractivity contribution in [2.75, 3.05) is 13.6 Å². The molecule has 0 radical (unpaired) electrons. The van der Waals surface area contributed by atoms with Crippen LogP contribution in [0.25, 0.3) is 10.9 Å². The zero-order valence-corrected chi connectivity index (χ0v) is 13.3. The average molecular weight is 335 g/mol. The quantitative estimate of drug-likeness (QED) is 0.808. The Morgan fingerprint density at radius 3 is 2.83 bits per heavy atom. The molecule has 1 saturated carbocycles. The fraction of sp³-hybridized carbons (Fsp3) is 0.312. The Bertz CT molecular complexity index is 801. The number of aromatic nitrogens is 1. The largest absolute Gasteiger partial charge is 0.350 e. The minimum absolute atomic E-state index is 0.0485. The van der Waals surface area contributed by atoms with Crippen LogP contribution in [0.5, 0.6) is 0 Å². The van der Waals surface area contributed by atoms with Crippen LogP contribution >= 0.6 is 11.6 Å². The second-order valence-electron chi connectivity index (χ2n) is 6.17. The molecular weight excluding hydrogens is 319 g/mol. The van der Waals surface area contributed by atoms with Gasteiger partial charge in [0.25, 0.3) is 5.91 Å². The standard InChI is InChI=1S/C16H16ClFN4O/c1-22-8-10(7-19-22)16(2-3-16)21-15(23)14-5-9-4-11(17)12(18)6-13(9)20-14/h4-6,8,19-20H,2-3,7H2,1H3,(H,21,23). The molecule has 7 heteroatoms. The van der Waals surface area contributed by atoms with E-state index in [-0.39, 0.29) is 16.5 Å². The number of hydrazine groups is 1. The minimum atomic E-state index is -0.503. The van der Waals surface area contributed by atoms with Gasteiger partial charge in [0.1, 0.15) is 11.5 Å². The third kappa shape index (κ3) is 2.48. The molecular formula is C16H16ClFN4O. The summed E-state index contributed by atoms with van der Waals surface area (Å²) in [4.78, 5) is 15.5. The van der Waals surface area contributed by atoms with Crippen molar-refractivity contribution in [2.45, 2.75) is 18.4 Å². The highest BCUT2D eigenvalue weighted by molar-refractivity contribution is 6.31. The van der Waals surface area contributed by atoms with Crippen LogP contribution in [0.3, 0.4) is 0 Å². The van der Waals surface area contributed by atoms with E-state index >= 15 is 0 Å². The highest BCUT2D eigenvalue weighted by Gasteiger charge is 2.48. The number of hydrogen-bond acceptors (Lipinski definition) is 3. The number of nitrogens with one attached hydrogen (secondary N) is 3. The van der Waals surface area contributed by atoms with E-state index in [4.69, 9.17) is 11.6 Å². The molecule has 4 rings (SSSR count). The number of aromatic amines is 1. The molecule has 23 heavy (non-hydrogen) atoms. The van der Waals surface area contributed by atoms with Crippen molar-refractivity contribution in [1.29, 1.82) is 0 Å². The van der Waals surface area contributed by atoms with Gasteiger partial charge in [-0.2, -0.15) is 0 Å². The van der Waals surface area contributed by atoms with Gasteiger partial charge in [-0.1, -0.05) is 11.6 Å². The van der Waals surface area contributed by atoms with Crippen molar-refractivity contribution in [3.8, 4) is 0 Å². The summed E-state index contributed by atoms with van der Waals surface area (Å²) in [5, 5.41) is 5.77. The van der Waals surface area contributed by atoms with Gasteiger partial charge in [-0.05, 0) is 36.6 Å². The number of carbonyl (C=O) groups excluding carboxylic acids is 1. The van der Waals surface area contributed by atoms with Crippen molar-refractivity contribution >= 4 is 28.4 Å². The molecule has 1 aromatic heterocycles. The topological polar surface area (TPSA) is 60.2 Å². The SMILES string of the molecule is CN1C=C(C2(NC(=O)c3cc4cc(Cl)c(F)cc4[nH]3)CC2)CN1. The maximum atomic E-state index is 13.5. The number of carbonyl (C=O) groups is 1. The van der Waals surface area contributed by atoms with E-state index in [0.29, 0.717) is 16.6 Å². The number of benzene rings is 1. The second kappa shape index (κ2) is 4.97. The normalized spacial score (nSPS) is 19.1. The van der Waals surface area contributed by atoms with Crippen LogP contribution in [-0.4, -0.2) is 35.0 Å². The van der Waals surface area contributed by atoms with Crippen molar-refractivity contribution < 1.29 is 9.18 Å². The molecule has 3 N–H and O–H groups in total. The first-order valence-corrected chi connectivity index (χ1v) is 7.82. The molecule has 1 aromatic carbocycles. The Morgan fingerprint density at radius 1 is 1.39 bits per heavy atom. The smallest absolute Gasteiger partial charge is 0.268 e. The van der Waals surface area contributed by atoms with E-state index in [0.717, 1.165) is 19.4 Å². The highest BCUT2D eigenvalue weighted by Crippen LogP contribution is 2.43. The maximum Gasteiger partial charge on any atom is 0.268 e. The first kappa shape index (κ1) is 14.5. The zero-order valence-electron chi connectivity index (χ0n) is 12.5. The second-order valence-corrected chi connectivity index (χ2v) is 6.58. The Kier molecular flexibility index (Phi) is 3.14. The monoisotopic (exact) mass is 334 g/mol. The van der Waals surface area contributed by atoms with Gasteiger partial charge in [-0.3, -0.25) is 4.79 Å². The number of hydrogen-bond donors (Lipinski definition) is 3. The summed E-state index contributed by atoms with van der Waals surface area (Å²) in [6.07, 6.45) is 3.88. The molecule has 0 unspecified atom stereocenters. The first-order chi connectivity index (χ1) is 11.0. The van der Waals surface area contributed by atoms with Gasteiger partial charge in [0.15, 0.2) is 0 Å². The minimum Gasteiger partial charge on any atom is -0.350 e. The van der Waals surface area contributed by atoms with E-state index in [1.807, 2.05) is 18.3 Å². The van der Waals surface area contributed by atoms with Crippen molar-refractivity contribution in [1.82, 2.24) is 20.7 Å². The molecule has 0 bridgehead atoms. The number of rotatable bonds is 3. The summed E-state index contributed by atoms with van der Waals surface area (Å²) in [6, 6.07) is 4.52. The molecule has 2 heterocycles.